The second kappa shape index (κ2) is 7.53. The Bertz CT molecular complexity index is 423. The highest BCUT2D eigenvalue weighted by Crippen LogP contribution is 2.37. The van der Waals surface area contributed by atoms with E-state index in [4.69, 9.17) is 5.11 Å². The Morgan fingerprint density at radius 2 is 1.70 bits per heavy atom. The summed E-state index contributed by atoms with van der Waals surface area (Å²) >= 11 is 0. The van der Waals surface area contributed by atoms with E-state index < -0.39 is 5.97 Å². The van der Waals surface area contributed by atoms with Gasteiger partial charge < -0.3 is 10.0 Å². The monoisotopic (exact) mass is 297 g/mol. The molecule has 112 valence electrons. The SMILES string of the molecule is CN(C)c1ccc(C2CCC(CC(=O)O)CC2)cc1.Cl. The number of rotatable bonds is 4. The average molecular weight is 298 g/mol. The summed E-state index contributed by atoms with van der Waals surface area (Å²) in [7, 11) is 4.10. The van der Waals surface area contributed by atoms with Crippen LogP contribution in [0.3, 0.4) is 0 Å². The van der Waals surface area contributed by atoms with Crippen LogP contribution < -0.4 is 4.90 Å². The summed E-state index contributed by atoms with van der Waals surface area (Å²) in [5.41, 5.74) is 2.63. The number of anilines is 1. The summed E-state index contributed by atoms with van der Waals surface area (Å²) in [6.45, 7) is 0. The maximum Gasteiger partial charge on any atom is 0.303 e. The molecule has 2 rings (SSSR count). The van der Waals surface area contributed by atoms with Crippen LogP contribution in [0, 0.1) is 5.92 Å². The van der Waals surface area contributed by atoms with Gasteiger partial charge in [-0.15, -0.1) is 12.4 Å². The van der Waals surface area contributed by atoms with Crippen molar-refractivity contribution in [1.82, 2.24) is 0 Å². The number of carboxylic acids is 1. The van der Waals surface area contributed by atoms with Gasteiger partial charge >= 0.3 is 5.97 Å². The van der Waals surface area contributed by atoms with Crippen molar-refractivity contribution in [3.63, 3.8) is 0 Å². The van der Waals surface area contributed by atoms with Gasteiger partial charge in [0.1, 0.15) is 0 Å². The molecule has 3 nitrogen and oxygen atoms in total. The standard InChI is InChI=1S/C16H23NO2.ClH/c1-17(2)15-9-7-14(8-10-15)13-5-3-12(4-6-13)11-16(18)19;/h7-10,12-13H,3-6,11H2,1-2H3,(H,18,19);1H. The van der Waals surface area contributed by atoms with Crippen LogP contribution in [-0.2, 0) is 4.79 Å². The number of carboxylic acid groups (broad SMARTS) is 1. The van der Waals surface area contributed by atoms with Gasteiger partial charge in [0.15, 0.2) is 0 Å². The van der Waals surface area contributed by atoms with E-state index in [1.165, 1.54) is 11.3 Å². The molecule has 1 aromatic rings. The summed E-state index contributed by atoms with van der Waals surface area (Å²) in [6.07, 6.45) is 4.68. The molecule has 0 aliphatic heterocycles. The van der Waals surface area contributed by atoms with E-state index in [-0.39, 0.29) is 12.4 Å². The first kappa shape index (κ1) is 16.8. The van der Waals surface area contributed by atoms with Crippen molar-refractivity contribution < 1.29 is 9.90 Å². The van der Waals surface area contributed by atoms with E-state index in [0.29, 0.717) is 18.3 Å². The van der Waals surface area contributed by atoms with Gasteiger partial charge in [-0.3, -0.25) is 4.79 Å². The Hall–Kier alpha value is -1.22. The second-order valence-corrected chi connectivity index (χ2v) is 5.80. The molecule has 0 aromatic heterocycles. The number of benzene rings is 1. The predicted molar refractivity (Wildman–Crippen MR) is 85.0 cm³/mol. The van der Waals surface area contributed by atoms with Crippen molar-refractivity contribution in [2.45, 2.75) is 38.0 Å². The average Bonchev–Trinajstić information content (AvgIpc) is 2.39. The molecule has 1 fully saturated rings. The number of nitrogens with zero attached hydrogens (tertiary/aromatic N) is 1. The summed E-state index contributed by atoms with van der Waals surface area (Å²) in [4.78, 5) is 12.8. The number of halogens is 1. The molecular formula is C16H24ClNO2. The molecule has 0 unspecified atom stereocenters. The number of aliphatic carboxylic acids is 1. The molecule has 0 saturated heterocycles. The first-order valence-corrected chi connectivity index (χ1v) is 7.05. The first-order chi connectivity index (χ1) is 9.06. The van der Waals surface area contributed by atoms with Crippen LogP contribution >= 0.6 is 12.4 Å². The fourth-order valence-corrected chi connectivity index (χ4v) is 2.99. The lowest BCUT2D eigenvalue weighted by Gasteiger charge is -2.28. The minimum atomic E-state index is -0.654. The van der Waals surface area contributed by atoms with Gasteiger partial charge in [-0.05, 0) is 55.2 Å². The molecule has 0 bridgehead atoms. The quantitative estimate of drug-likeness (QED) is 0.915. The van der Waals surface area contributed by atoms with Gasteiger partial charge in [-0.1, -0.05) is 12.1 Å². The molecule has 0 atom stereocenters. The lowest BCUT2D eigenvalue weighted by Crippen LogP contribution is -2.16. The fraction of sp³-hybridized carbons (Fsp3) is 0.562. The van der Waals surface area contributed by atoms with Crippen LogP contribution in [0.1, 0.15) is 43.6 Å². The Labute approximate surface area is 127 Å². The van der Waals surface area contributed by atoms with Gasteiger partial charge in [-0.2, -0.15) is 0 Å². The van der Waals surface area contributed by atoms with Gasteiger partial charge in [0.05, 0.1) is 0 Å². The van der Waals surface area contributed by atoms with Gasteiger partial charge in [0, 0.05) is 26.2 Å². The van der Waals surface area contributed by atoms with Crippen molar-refractivity contribution in [2.24, 2.45) is 5.92 Å². The molecule has 0 radical (unpaired) electrons. The third-order valence-electron chi connectivity index (χ3n) is 4.19. The number of hydrogen-bond donors (Lipinski definition) is 1. The topological polar surface area (TPSA) is 40.5 Å². The number of carbonyl (C=O) groups is 1. The lowest BCUT2D eigenvalue weighted by molar-refractivity contribution is -0.138. The minimum absolute atomic E-state index is 0. The molecule has 20 heavy (non-hydrogen) atoms. The van der Waals surface area contributed by atoms with E-state index in [0.717, 1.165) is 25.7 Å². The molecule has 1 N–H and O–H groups in total. The van der Waals surface area contributed by atoms with Gasteiger partial charge in [-0.25, -0.2) is 0 Å². The Kier molecular flexibility index (Phi) is 6.34. The van der Waals surface area contributed by atoms with E-state index in [1.807, 2.05) is 14.1 Å². The van der Waals surface area contributed by atoms with Crippen LogP contribution in [0.15, 0.2) is 24.3 Å². The molecule has 0 amide bonds. The molecular weight excluding hydrogens is 274 g/mol. The molecule has 4 heteroatoms. The third-order valence-corrected chi connectivity index (χ3v) is 4.19. The zero-order valence-electron chi connectivity index (χ0n) is 12.2. The Balaban J connectivity index is 0.00000200. The third kappa shape index (κ3) is 4.41. The normalized spacial score (nSPS) is 21.9. The fourth-order valence-electron chi connectivity index (χ4n) is 2.99. The highest BCUT2D eigenvalue weighted by Gasteiger charge is 2.23. The summed E-state index contributed by atoms with van der Waals surface area (Å²) < 4.78 is 0. The first-order valence-electron chi connectivity index (χ1n) is 7.05. The molecule has 0 spiro atoms. The smallest absolute Gasteiger partial charge is 0.303 e. The van der Waals surface area contributed by atoms with Crippen LogP contribution in [0.5, 0.6) is 0 Å². The van der Waals surface area contributed by atoms with Crippen LogP contribution in [-0.4, -0.2) is 25.2 Å². The lowest BCUT2D eigenvalue weighted by atomic mass is 9.77. The second-order valence-electron chi connectivity index (χ2n) is 5.80. The largest absolute Gasteiger partial charge is 0.481 e. The van der Waals surface area contributed by atoms with E-state index in [2.05, 4.69) is 29.2 Å². The number of hydrogen-bond acceptors (Lipinski definition) is 2. The van der Waals surface area contributed by atoms with E-state index >= 15 is 0 Å². The van der Waals surface area contributed by atoms with Crippen LogP contribution in [0.4, 0.5) is 5.69 Å². The highest BCUT2D eigenvalue weighted by molar-refractivity contribution is 5.85. The zero-order valence-corrected chi connectivity index (χ0v) is 13.0. The van der Waals surface area contributed by atoms with Crippen molar-refractivity contribution >= 4 is 24.1 Å². The summed E-state index contributed by atoms with van der Waals surface area (Å²) in [6, 6.07) is 8.77. The molecule has 0 heterocycles. The summed E-state index contributed by atoms with van der Waals surface area (Å²) in [5.74, 6) is 0.342. The van der Waals surface area contributed by atoms with Gasteiger partial charge in [0.25, 0.3) is 0 Å². The van der Waals surface area contributed by atoms with Crippen LogP contribution in [0.25, 0.3) is 0 Å². The van der Waals surface area contributed by atoms with E-state index in [9.17, 15) is 4.79 Å². The Morgan fingerprint density at radius 3 is 2.15 bits per heavy atom. The van der Waals surface area contributed by atoms with Crippen molar-refractivity contribution in [3.05, 3.63) is 29.8 Å². The van der Waals surface area contributed by atoms with Crippen LogP contribution in [0.2, 0.25) is 0 Å². The van der Waals surface area contributed by atoms with Crippen molar-refractivity contribution in [1.29, 1.82) is 0 Å². The molecule has 1 aromatic carbocycles. The highest BCUT2D eigenvalue weighted by atomic mass is 35.5. The molecule has 1 saturated carbocycles. The predicted octanol–water partition coefficient (Wildman–Crippen LogP) is 3.92. The van der Waals surface area contributed by atoms with Crippen molar-refractivity contribution in [3.8, 4) is 0 Å². The Morgan fingerprint density at radius 1 is 1.15 bits per heavy atom. The molecule has 1 aliphatic carbocycles. The maximum atomic E-state index is 10.7. The zero-order chi connectivity index (χ0) is 13.8. The maximum absolute atomic E-state index is 10.7. The van der Waals surface area contributed by atoms with E-state index in [1.54, 1.807) is 0 Å². The van der Waals surface area contributed by atoms with Crippen molar-refractivity contribution in [2.75, 3.05) is 19.0 Å². The molecule has 1 aliphatic rings. The van der Waals surface area contributed by atoms with Gasteiger partial charge in [0.2, 0.25) is 0 Å². The summed E-state index contributed by atoms with van der Waals surface area (Å²) in [5, 5.41) is 8.83. The minimum Gasteiger partial charge on any atom is -0.481 e.